The molecule has 0 aliphatic rings. The van der Waals surface area contributed by atoms with E-state index in [4.69, 9.17) is 9.47 Å². The molecule has 5 heteroatoms. The Labute approximate surface area is 163 Å². The second kappa shape index (κ2) is 10.7. The number of nitrogens with one attached hydrogen (secondary N) is 1. The molecule has 2 aromatic rings. The van der Waals surface area contributed by atoms with Crippen molar-refractivity contribution < 1.29 is 14.3 Å². The van der Waals surface area contributed by atoms with Gasteiger partial charge in [0.25, 0.3) is 0 Å². The normalized spacial score (nSPS) is 10.7. The van der Waals surface area contributed by atoms with E-state index in [1.807, 2.05) is 42.5 Å². The van der Waals surface area contributed by atoms with Crippen molar-refractivity contribution >= 4 is 33.6 Å². The molecule has 0 radical (unpaired) electrons. The van der Waals surface area contributed by atoms with E-state index in [0.29, 0.717) is 12.4 Å². The van der Waals surface area contributed by atoms with Crippen LogP contribution in [0.15, 0.2) is 53.0 Å². The SMILES string of the molecule is CCCCCOc1ccc(/C=C/C(=O)Nc2cccc(Br)c2)cc1OC. The van der Waals surface area contributed by atoms with Crippen LogP contribution in [0.1, 0.15) is 31.7 Å². The lowest BCUT2D eigenvalue weighted by molar-refractivity contribution is -0.111. The van der Waals surface area contributed by atoms with Crippen LogP contribution in [0.4, 0.5) is 5.69 Å². The predicted octanol–water partition coefficient (Wildman–Crippen LogP) is 5.68. The van der Waals surface area contributed by atoms with Gasteiger partial charge in [-0.25, -0.2) is 0 Å². The van der Waals surface area contributed by atoms with E-state index in [2.05, 4.69) is 28.2 Å². The minimum absolute atomic E-state index is 0.193. The van der Waals surface area contributed by atoms with Gasteiger partial charge in [0.1, 0.15) is 0 Å². The summed E-state index contributed by atoms with van der Waals surface area (Å²) in [6.07, 6.45) is 6.58. The van der Waals surface area contributed by atoms with Gasteiger partial charge in [0.2, 0.25) is 5.91 Å². The van der Waals surface area contributed by atoms with Crippen LogP contribution in [0.5, 0.6) is 11.5 Å². The molecular weight excluding hydrogens is 394 g/mol. The van der Waals surface area contributed by atoms with Crippen LogP contribution in [-0.2, 0) is 4.79 Å². The highest BCUT2D eigenvalue weighted by Crippen LogP contribution is 2.28. The number of hydrogen-bond acceptors (Lipinski definition) is 3. The van der Waals surface area contributed by atoms with Crippen molar-refractivity contribution in [2.24, 2.45) is 0 Å². The molecular formula is C21H24BrNO3. The Kier molecular flexibility index (Phi) is 8.22. The zero-order valence-electron chi connectivity index (χ0n) is 15.1. The molecule has 2 rings (SSSR count). The molecule has 1 amide bonds. The zero-order valence-corrected chi connectivity index (χ0v) is 16.7. The molecule has 0 spiro atoms. The lowest BCUT2D eigenvalue weighted by Gasteiger charge is -2.11. The summed E-state index contributed by atoms with van der Waals surface area (Å²) in [4.78, 5) is 12.1. The van der Waals surface area contributed by atoms with Crippen LogP contribution in [0.2, 0.25) is 0 Å². The fraction of sp³-hybridized carbons (Fsp3) is 0.286. The monoisotopic (exact) mass is 417 g/mol. The van der Waals surface area contributed by atoms with Gasteiger partial charge in [0.05, 0.1) is 13.7 Å². The van der Waals surface area contributed by atoms with Gasteiger partial charge in [-0.1, -0.05) is 47.8 Å². The van der Waals surface area contributed by atoms with E-state index in [-0.39, 0.29) is 5.91 Å². The molecule has 0 bridgehead atoms. The summed E-state index contributed by atoms with van der Waals surface area (Å²) in [5.74, 6) is 1.19. The first kappa shape index (κ1) is 20.0. The van der Waals surface area contributed by atoms with Crippen molar-refractivity contribution in [3.05, 3.63) is 58.6 Å². The van der Waals surface area contributed by atoms with Gasteiger partial charge in [0.15, 0.2) is 11.5 Å². The van der Waals surface area contributed by atoms with E-state index in [9.17, 15) is 4.79 Å². The molecule has 138 valence electrons. The first-order valence-electron chi connectivity index (χ1n) is 8.68. The summed E-state index contributed by atoms with van der Waals surface area (Å²) < 4.78 is 12.1. The van der Waals surface area contributed by atoms with Gasteiger partial charge in [-0.3, -0.25) is 4.79 Å². The molecule has 0 atom stereocenters. The lowest BCUT2D eigenvalue weighted by atomic mass is 10.2. The van der Waals surface area contributed by atoms with Crippen LogP contribution >= 0.6 is 15.9 Å². The van der Waals surface area contributed by atoms with Crippen LogP contribution in [-0.4, -0.2) is 19.6 Å². The molecule has 0 saturated heterocycles. The van der Waals surface area contributed by atoms with Crippen LogP contribution in [0.3, 0.4) is 0 Å². The molecule has 0 saturated carbocycles. The second-order valence-corrected chi connectivity index (χ2v) is 6.71. The van der Waals surface area contributed by atoms with E-state index >= 15 is 0 Å². The number of methoxy groups -OCH3 is 1. The third-order valence-electron chi connectivity index (χ3n) is 3.71. The Morgan fingerprint density at radius 3 is 2.73 bits per heavy atom. The van der Waals surface area contributed by atoms with E-state index in [1.54, 1.807) is 13.2 Å². The van der Waals surface area contributed by atoms with Crippen molar-refractivity contribution in [3.63, 3.8) is 0 Å². The highest BCUT2D eigenvalue weighted by molar-refractivity contribution is 9.10. The van der Waals surface area contributed by atoms with Crippen molar-refractivity contribution in [1.82, 2.24) is 0 Å². The van der Waals surface area contributed by atoms with Crippen LogP contribution in [0, 0.1) is 0 Å². The van der Waals surface area contributed by atoms with E-state index < -0.39 is 0 Å². The highest BCUT2D eigenvalue weighted by atomic mass is 79.9. The molecule has 0 aliphatic heterocycles. The number of ether oxygens (including phenoxy) is 2. The van der Waals surface area contributed by atoms with Crippen molar-refractivity contribution in [1.29, 1.82) is 0 Å². The molecule has 0 aromatic heterocycles. The Bertz CT molecular complexity index is 759. The Balaban J connectivity index is 1.97. The largest absolute Gasteiger partial charge is 0.493 e. The molecule has 0 heterocycles. The number of anilines is 1. The number of amides is 1. The fourth-order valence-corrected chi connectivity index (χ4v) is 2.76. The predicted molar refractivity (Wildman–Crippen MR) is 110 cm³/mol. The summed E-state index contributed by atoms with van der Waals surface area (Å²) in [6.45, 7) is 2.84. The summed E-state index contributed by atoms with van der Waals surface area (Å²) in [5.41, 5.74) is 1.61. The Hall–Kier alpha value is -2.27. The fourth-order valence-electron chi connectivity index (χ4n) is 2.36. The third kappa shape index (κ3) is 6.56. The molecule has 0 unspecified atom stereocenters. The average molecular weight is 418 g/mol. The van der Waals surface area contributed by atoms with Gasteiger partial charge in [-0.2, -0.15) is 0 Å². The molecule has 0 fully saturated rings. The summed E-state index contributed by atoms with van der Waals surface area (Å²) in [6, 6.07) is 13.1. The number of unbranched alkanes of at least 4 members (excludes halogenated alkanes) is 2. The minimum Gasteiger partial charge on any atom is -0.493 e. The first-order chi connectivity index (χ1) is 12.6. The van der Waals surface area contributed by atoms with Gasteiger partial charge < -0.3 is 14.8 Å². The molecule has 1 N–H and O–H groups in total. The van der Waals surface area contributed by atoms with E-state index in [0.717, 1.165) is 40.7 Å². The quantitative estimate of drug-likeness (QED) is 0.421. The van der Waals surface area contributed by atoms with Crippen LogP contribution < -0.4 is 14.8 Å². The van der Waals surface area contributed by atoms with Crippen LogP contribution in [0.25, 0.3) is 6.08 Å². The maximum Gasteiger partial charge on any atom is 0.248 e. The molecule has 0 aliphatic carbocycles. The van der Waals surface area contributed by atoms with Crippen molar-refractivity contribution in [2.45, 2.75) is 26.2 Å². The standard InChI is InChI=1S/C21H24BrNO3/c1-3-4-5-13-26-19-11-9-16(14-20(19)25-2)10-12-21(24)23-18-8-6-7-17(22)15-18/h6-12,14-15H,3-5,13H2,1-2H3,(H,23,24)/b12-10+. The molecule has 26 heavy (non-hydrogen) atoms. The maximum absolute atomic E-state index is 12.1. The lowest BCUT2D eigenvalue weighted by Crippen LogP contribution is -2.07. The first-order valence-corrected chi connectivity index (χ1v) is 9.47. The smallest absolute Gasteiger partial charge is 0.248 e. The van der Waals surface area contributed by atoms with Gasteiger partial charge in [-0.15, -0.1) is 0 Å². The van der Waals surface area contributed by atoms with E-state index in [1.165, 1.54) is 6.08 Å². The average Bonchev–Trinajstić information content (AvgIpc) is 2.64. The third-order valence-corrected chi connectivity index (χ3v) is 4.21. The Morgan fingerprint density at radius 1 is 1.15 bits per heavy atom. The minimum atomic E-state index is -0.193. The number of rotatable bonds is 9. The molecule has 2 aromatic carbocycles. The Morgan fingerprint density at radius 2 is 2.00 bits per heavy atom. The number of carbonyl (C=O) groups excluding carboxylic acids is 1. The number of carbonyl (C=O) groups is 1. The van der Waals surface area contributed by atoms with Crippen molar-refractivity contribution in [3.8, 4) is 11.5 Å². The number of benzene rings is 2. The maximum atomic E-state index is 12.1. The number of halogens is 1. The second-order valence-electron chi connectivity index (χ2n) is 5.80. The molecule has 4 nitrogen and oxygen atoms in total. The van der Waals surface area contributed by atoms with Crippen molar-refractivity contribution in [2.75, 3.05) is 19.0 Å². The summed E-state index contributed by atoms with van der Waals surface area (Å²) in [5, 5.41) is 2.82. The van der Waals surface area contributed by atoms with Gasteiger partial charge in [0, 0.05) is 16.2 Å². The highest BCUT2D eigenvalue weighted by Gasteiger charge is 2.05. The van der Waals surface area contributed by atoms with Gasteiger partial charge in [-0.05, 0) is 48.4 Å². The zero-order chi connectivity index (χ0) is 18.8. The summed E-state index contributed by atoms with van der Waals surface area (Å²) >= 11 is 3.38. The topological polar surface area (TPSA) is 47.6 Å². The summed E-state index contributed by atoms with van der Waals surface area (Å²) in [7, 11) is 1.61. The number of hydrogen-bond donors (Lipinski definition) is 1. The van der Waals surface area contributed by atoms with Gasteiger partial charge >= 0.3 is 0 Å².